The number of hydrogen-bond acceptors (Lipinski definition) is 2. The van der Waals surface area contributed by atoms with E-state index in [0.717, 1.165) is 27.8 Å². The molecule has 0 spiro atoms. The number of nitrogens with two attached hydrogens (primary N) is 1. The van der Waals surface area contributed by atoms with Gasteiger partial charge in [0, 0.05) is 11.4 Å². The minimum absolute atomic E-state index is 0.242. The van der Waals surface area contributed by atoms with E-state index in [2.05, 4.69) is 5.32 Å². The van der Waals surface area contributed by atoms with Gasteiger partial charge in [-0.3, -0.25) is 9.59 Å². The minimum atomic E-state index is -0.840. The third-order valence-corrected chi connectivity index (χ3v) is 5.51. The average molecular weight is 391 g/mol. The van der Waals surface area contributed by atoms with Crippen molar-refractivity contribution in [2.45, 2.75) is 18.4 Å². The molecule has 0 aromatic heterocycles. The van der Waals surface area contributed by atoms with E-state index in [1.54, 1.807) is 6.07 Å². The molecule has 5 heteroatoms. The van der Waals surface area contributed by atoms with Gasteiger partial charge in [0.15, 0.2) is 0 Å². The molecule has 2 amide bonds. The predicted octanol–water partition coefficient (Wildman–Crippen LogP) is 3.67. The number of amides is 2. The van der Waals surface area contributed by atoms with Crippen molar-refractivity contribution in [2.75, 3.05) is 0 Å². The maximum absolute atomic E-state index is 13.2. The zero-order valence-corrected chi connectivity index (χ0v) is 15.8. The highest BCUT2D eigenvalue weighted by Gasteiger charge is 2.35. The number of hydrogen-bond donors (Lipinski definition) is 2. The van der Waals surface area contributed by atoms with Crippen molar-refractivity contribution in [3.8, 4) is 11.1 Å². The summed E-state index contributed by atoms with van der Waals surface area (Å²) in [5, 5.41) is 3.39. The molecule has 0 radical (unpaired) electrons. The van der Waals surface area contributed by atoms with Gasteiger partial charge in [0.25, 0.3) is 0 Å². The van der Waals surface area contributed by atoms with Crippen LogP contribution in [0.3, 0.4) is 0 Å². The van der Waals surface area contributed by atoms with Gasteiger partial charge in [-0.2, -0.15) is 0 Å². The summed E-state index contributed by atoms with van der Waals surface area (Å²) >= 11 is 6.21. The first kappa shape index (κ1) is 18.3. The molecule has 4 rings (SSSR count). The molecule has 3 aromatic carbocycles. The van der Waals surface area contributed by atoms with E-state index >= 15 is 0 Å². The Morgan fingerprint density at radius 2 is 1.43 bits per heavy atom. The SMILES string of the molecule is NC(=O)[C@@H](Cc1ccccc1Cl)NC(=O)C1c2ccccc2-c2ccccc21. The second-order valence-corrected chi connectivity index (χ2v) is 7.27. The van der Waals surface area contributed by atoms with E-state index in [0.29, 0.717) is 5.02 Å². The largest absolute Gasteiger partial charge is 0.368 e. The number of nitrogens with one attached hydrogen (secondary N) is 1. The number of carbonyl (C=O) groups is 2. The van der Waals surface area contributed by atoms with Gasteiger partial charge in [-0.15, -0.1) is 0 Å². The van der Waals surface area contributed by atoms with Crippen LogP contribution in [-0.2, 0) is 16.0 Å². The highest BCUT2D eigenvalue weighted by molar-refractivity contribution is 6.31. The van der Waals surface area contributed by atoms with Crippen molar-refractivity contribution < 1.29 is 9.59 Å². The van der Waals surface area contributed by atoms with E-state index in [-0.39, 0.29) is 12.3 Å². The Balaban J connectivity index is 1.63. The standard InChI is InChI=1S/C23H19ClN2O2/c24-19-12-6-1-7-14(19)13-20(22(25)27)26-23(28)21-17-10-4-2-8-15(17)16-9-3-5-11-18(16)21/h1-12,20-21H,13H2,(H2,25,27)(H,26,28)/t20-/m1/s1. The van der Waals surface area contributed by atoms with Crippen LogP contribution in [0.5, 0.6) is 0 Å². The minimum Gasteiger partial charge on any atom is -0.368 e. The van der Waals surface area contributed by atoms with Gasteiger partial charge in [0.05, 0.1) is 5.92 Å². The van der Waals surface area contributed by atoms with E-state index < -0.39 is 17.9 Å². The van der Waals surface area contributed by atoms with E-state index in [1.165, 1.54) is 0 Å². The Bertz CT molecular complexity index is 1020. The zero-order valence-electron chi connectivity index (χ0n) is 15.1. The molecule has 3 aromatic rings. The summed E-state index contributed by atoms with van der Waals surface area (Å²) in [4.78, 5) is 25.2. The van der Waals surface area contributed by atoms with Crippen LogP contribution in [-0.4, -0.2) is 17.9 Å². The van der Waals surface area contributed by atoms with Crippen LogP contribution in [0.25, 0.3) is 11.1 Å². The predicted molar refractivity (Wildman–Crippen MR) is 110 cm³/mol. The van der Waals surface area contributed by atoms with Gasteiger partial charge in [-0.25, -0.2) is 0 Å². The summed E-state index contributed by atoms with van der Waals surface area (Å²) in [6, 6.07) is 22.1. The fraction of sp³-hybridized carbons (Fsp3) is 0.130. The fourth-order valence-electron chi connectivity index (χ4n) is 3.80. The summed E-state index contributed by atoms with van der Waals surface area (Å²) in [5.74, 6) is -1.30. The van der Waals surface area contributed by atoms with Gasteiger partial charge in [0.2, 0.25) is 11.8 Å². The molecular formula is C23H19ClN2O2. The molecule has 1 aliphatic carbocycles. The maximum atomic E-state index is 13.2. The molecule has 0 fully saturated rings. The average Bonchev–Trinajstić information content (AvgIpc) is 3.03. The Hall–Kier alpha value is -3.11. The molecule has 1 atom stereocenters. The Kier molecular flexibility index (Phi) is 4.88. The first-order chi connectivity index (χ1) is 13.6. The number of carbonyl (C=O) groups excluding carboxylic acids is 2. The lowest BCUT2D eigenvalue weighted by Crippen LogP contribution is -2.47. The monoisotopic (exact) mass is 390 g/mol. The normalized spacial score (nSPS) is 13.5. The molecule has 140 valence electrons. The summed E-state index contributed by atoms with van der Waals surface area (Å²) in [7, 11) is 0. The van der Waals surface area contributed by atoms with Crippen LogP contribution < -0.4 is 11.1 Å². The number of halogens is 1. The van der Waals surface area contributed by atoms with Crippen LogP contribution in [0.15, 0.2) is 72.8 Å². The first-order valence-corrected chi connectivity index (χ1v) is 9.45. The topological polar surface area (TPSA) is 72.2 Å². The van der Waals surface area contributed by atoms with Crippen molar-refractivity contribution in [3.63, 3.8) is 0 Å². The molecule has 0 aliphatic heterocycles. The number of primary amides is 1. The lowest BCUT2D eigenvalue weighted by molar-refractivity contribution is -0.127. The van der Waals surface area contributed by atoms with Crippen molar-refractivity contribution in [3.05, 3.63) is 94.5 Å². The summed E-state index contributed by atoms with van der Waals surface area (Å²) in [5.41, 5.74) is 10.3. The van der Waals surface area contributed by atoms with Crippen molar-refractivity contribution in [1.29, 1.82) is 0 Å². The third kappa shape index (κ3) is 3.27. The van der Waals surface area contributed by atoms with Gasteiger partial charge in [-0.05, 0) is 33.9 Å². The van der Waals surface area contributed by atoms with Gasteiger partial charge >= 0.3 is 0 Å². The summed E-state index contributed by atoms with van der Waals surface area (Å²) < 4.78 is 0. The summed E-state index contributed by atoms with van der Waals surface area (Å²) in [6.07, 6.45) is 0.247. The van der Waals surface area contributed by atoms with Crippen LogP contribution in [0.2, 0.25) is 5.02 Å². The Labute approximate surface area is 168 Å². The van der Waals surface area contributed by atoms with Crippen LogP contribution in [0, 0.1) is 0 Å². The molecule has 0 saturated carbocycles. The molecule has 0 heterocycles. The first-order valence-electron chi connectivity index (χ1n) is 9.07. The molecule has 1 aliphatic rings. The number of fused-ring (bicyclic) bond motifs is 3. The highest BCUT2D eigenvalue weighted by Crippen LogP contribution is 2.44. The smallest absolute Gasteiger partial charge is 0.240 e. The highest BCUT2D eigenvalue weighted by atomic mass is 35.5. The van der Waals surface area contributed by atoms with Crippen molar-refractivity contribution >= 4 is 23.4 Å². The van der Waals surface area contributed by atoms with E-state index in [9.17, 15) is 9.59 Å². The van der Waals surface area contributed by atoms with Crippen LogP contribution >= 0.6 is 11.6 Å². The van der Waals surface area contributed by atoms with E-state index in [4.69, 9.17) is 17.3 Å². The molecule has 28 heavy (non-hydrogen) atoms. The molecular weight excluding hydrogens is 372 g/mol. The van der Waals surface area contributed by atoms with Crippen LogP contribution in [0.1, 0.15) is 22.6 Å². The van der Waals surface area contributed by atoms with E-state index in [1.807, 2.05) is 66.7 Å². The van der Waals surface area contributed by atoms with Crippen LogP contribution in [0.4, 0.5) is 0 Å². The summed E-state index contributed by atoms with van der Waals surface area (Å²) in [6.45, 7) is 0. The number of rotatable bonds is 5. The second-order valence-electron chi connectivity index (χ2n) is 6.87. The maximum Gasteiger partial charge on any atom is 0.240 e. The van der Waals surface area contributed by atoms with Gasteiger partial charge in [0.1, 0.15) is 6.04 Å². The lowest BCUT2D eigenvalue weighted by Gasteiger charge is -2.20. The lowest BCUT2D eigenvalue weighted by atomic mass is 9.95. The van der Waals surface area contributed by atoms with Crippen molar-refractivity contribution in [2.24, 2.45) is 5.73 Å². The zero-order chi connectivity index (χ0) is 19.7. The Morgan fingerprint density at radius 1 is 0.893 bits per heavy atom. The molecule has 0 saturated heterocycles. The molecule has 3 N–H and O–H groups in total. The van der Waals surface area contributed by atoms with Gasteiger partial charge < -0.3 is 11.1 Å². The number of benzene rings is 3. The fourth-order valence-corrected chi connectivity index (χ4v) is 4.01. The second kappa shape index (κ2) is 7.49. The van der Waals surface area contributed by atoms with Crippen molar-refractivity contribution in [1.82, 2.24) is 5.32 Å². The molecule has 0 unspecified atom stereocenters. The quantitative estimate of drug-likeness (QED) is 0.697. The van der Waals surface area contributed by atoms with Gasteiger partial charge in [-0.1, -0.05) is 78.3 Å². The molecule has 0 bridgehead atoms. The third-order valence-electron chi connectivity index (χ3n) is 5.14. The Morgan fingerprint density at radius 3 is 2.00 bits per heavy atom. The molecule has 4 nitrogen and oxygen atoms in total.